The normalized spacial score (nSPS) is 13.9. The molecule has 4 nitrogen and oxygen atoms in total. The van der Waals surface area contributed by atoms with Gasteiger partial charge in [-0.3, -0.25) is 5.32 Å². The van der Waals surface area contributed by atoms with Crippen LogP contribution in [-0.2, 0) is 15.1 Å². The van der Waals surface area contributed by atoms with Gasteiger partial charge in [0, 0.05) is 16.4 Å². The molecule has 0 bridgehead atoms. The third-order valence-corrected chi connectivity index (χ3v) is 3.75. The standard InChI is InChI=1S/C16H18BrNO3/c1-4-8-18-16(3,15(19)20-5-2)14-10-11-9-12(17)6-7-13(11)21-14/h4,6-7,9-10,18H,1,5,8H2,2-3H3. The van der Waals surface area contributed by atoms with Crippen LogP contribution in [-0.4, -0.2) is 19.1 Å². The number of esters is 1. The molecule has 1 aromatic carbocycles. The van der Waals surface area contributed by atoms with Gasteiger partial charge in [-0.1, -0.05) is 22.0 Å². The van der Waals surface area contributed by atoms with E-state index >= 15 is 0 Å². The highest BCUT2D eigenvalue weighted by atomic mass is 79.9. The molecule has 21 heavy (non-hydrogen) atoms. The van der Waals surface area contributed by atoms with E-state index in [2.05, 4.69) is 27.8 Å². The van der Waals surface area contributed by atoms with Crippen molar-refractivity contribution in [1.29, 1.82) is 0 Å². The van der Waals surface area contributed by atoms with Crippen LogP contribution >= 0.6 is 15.9 Å². The average Bonchev–Trinajstić information content (AvgIpc) is 2.88. The van der Waals surface area contributed by atoms with Crippen LogP contribution in [0, 0.1) is 0 Å². The van der Waals surface area contributed by atoms with E-state index in [1.165, 1.54) is 0 Å². The monoisotopic (exact) mass is 351 g/mol. The molecule has 0 saturated heterocycles. The summed E-state index contributed by atoms with van der Waals surface area (Å²) >= 11 is 3.43. The molecule has 1 N–H and O–H groups in total. The third kappa shape index (κ3) is 3.19. The Labute approximate surface area is 132 Å². The molecule has 0 aliphatic heterocycles. The first-order valence-corrected chi connectivity index (χ1v) is 7.53. The molecule has 0 saturated carbocycles. The predicted molar refractivity (Wildman–Crippen MR) is 86.1 cm³/mol. The maximum absolute atomic E-state index is 12.3. The molecule has 0 aliphatic carbocycles. The van der Waals surface area contributed by atoms with Gasteiger partial charge in [0.2, 0.25) is 0 Å². The predicted octanol–water partition coefficient (Wildman–Crippen LogP) is 3.75. The highest BCUT2D eigenvalue weighted by molar-refractivity contribution is 9.10. The molecule has 0 fully saturated rings. The molecule has 1 unspecified atom stereocenters. The number of rotatable bonds is 6. The molecule has 0 radical (unpaired) electrons. The Morgan fingerprint density at radius 1 is 1.52 bits per heavy atom. The summed E-state index contributed by atoms with van der Waals surface area (Å²) in [4.78, 5) is 12.3. The Hall–Kier alpha value is -1.59. The molecular formula is C16H18BrNO3. The quantitative estimate of drug-likeness (QED) is 0.636. The number of furan rings is 1. The van der Waals surface area contributed by atoms with Gasteiger partial charge in [-0.05, 0) is 38.1 Å². The Morgan fingerprint density at radius 2 is 2.29 bits per heavy atom. The maximum Gasteiger partial charge on any atom is 0.334 e. The van der Waals surface area contributed by atoms with E-state index in [1.54, 1.807) is 19.9 Å². The molecule has 0 aliphatic rings. The first-order valence-electron chi connectivity index (χ1n) is 6.74. The molecule has 1 aromatic heterocycles. The van der Waals surface area contributed by atoms with Crippen molar-refractivity contribution in [3.63, 3.8) is 0 Å². The van der Waals surface area contributed by atoms with Gasteiger partial charge >= 0.3 is 5.97 Å². The van der Waals surface area contributed by atoms with Crippen molar-refractivity contribution in [1.82, 2.24) is 5.32 Å². The number of carbonyl (C=O) groups is 1. The van der Waals surface area contributed by atoms with Gasteiger partial charge in [0.15, 0.2) is 5.54 Å². The fraction of sp³-hybridized carbons (Fsp3) is 0.312. The molecule has 112 valence electrons. The molecule has 0 spiro atoms. The second-order valence-corrected chi connectivity index (χ2v) is 5.72. The number of nitrogens with one attached hydrogen (secondary N) is 1. The number of carbonyl (C=O) groups excluding carboxylic acids is 1. The van der Waals surface area contributed by atoms with E-state index in [-0.39, 0.29) is 5.97 Å². The zero-order valence-corrected chi connectivity index (χ0v) is 13.7. The SMILES string of the molecule is C=CCNC(C)(C(=O)OCC)c1cc2cc(Br)ccc2o1. The van der Waals surface area contributed by atoms with Crippen LogP contribution in [0.15, 0.2) is 45.8 Å². The van der Waals surface area contributed by atoms with Crippen molar-refractivity contribution in [2.75, 3.05) is 13.2 Å². The van der Waals surface area contributed by atoms with E-state index in [0.717, 1.165) is 15.4 Å². The summed E-state index contributed by atoms with van der Waals surface area (Å²) in [5.74, 6) is 0.154. The van der Waals surface area contributed by atoms with Crippen molar-refractivity contribution in [3.8, 4) is 0 Å². The van der Waals surface area contributed by atoms with Crippen molar-refractivity contribution in [2.24, 2.45) is 0 Å². The second kappa shape index (κ2) is 6.45. The summed E-state index contributed by atoms with van der Waals surface area (Å²) in [5.41, 5.74) is -0.320. The van der Waals surface area contributed by atoms with Crippen LogP contribution in [0.4, 0.5) is 0 Å². The largest absolute Gasteiger partial charge is 0.464 e. The Kier molecular flexibility index (Phi) is 4.85. The fourth-order valence-electron chi connectivity index (χ4n) is 2.07. The minimum Gasteiger partial charge on any atom is -0.464 e. The van der Waals surface area contributed by atoms with Crippen molar-refractivity contribution < 1.29 is 13.9 Å². The zero-order chi connectivity index (χ0) is 15.5. The van der Waals surface area contributed by atoms with Crippen LogP contribution < -0.4 is 5.32 Å². The van der Waals surface area contributed by atoms with E-state index in [0.29, 0.717) is 18.9 Å². The van der Waals surface area contributed by atoms with Crippen LogP contribution in [0.2, 0.25) is 0 Å². The summed E-state index contributed by atoms with van der Waals surface area (Å²) in [6.45, 7) is 7.98. The highest BCUT2D eigenvalue weighted by Crippen LogP contribution is 2.30. The molecule has 2 rings (SSSR count). The van der Waals surface area contributed by atoms with Crippen molar-refractivity contribution >= 4 is 32.9 Å². The first kappa shape index (κ1) is 15.8. The number of halogens is 1. The summed E-state index contributed by atoms with van der Waals surface area (Å²) in [7, 11) is 0. The molecule has 1 atom stereocenters. The number of hydrogen-bond acceptors (Lipinski definition) is 4. The third-order valence-electron chi connectivity index (χ3n) is 3.25. The van der Waals surface area contributed by atoms with Crippen LogP contribution in [0.25, 0.3) is 11.0 Å². The second-order valence-electron chi connectivity index (χ2n) is 4.81. The first-order chi connectivity index (χ1) is 10.0. The van der Waals surface area contributed by atoms with E-state index in [4.69, 9.17) is 9.15 Å². The van der Waals surface area contributed by atoms with Crippen LogP contribution in [0.1, 0.15) is 19.6 Å². The molecular weight excluding hydrogens is 334 g/mol. The van der Waals surface area contributed by atoms with Crippen molar-refractivity contribution in [3.05, 3.63) is 47.2 Å². The lowest BCUT2D eigenvalue weighted by Crippen LogP contribution is -2.47. The molecule has 5 heteroatoms. The fourth-order valence-corrected chi connectivity index (χ4v) is 2.45. The number of benzene rings is 1. The summed E-state index contributed by atoms with van der Waals surface area (Å²) in [5, 5.41) is 4.05. The summed E-state index contributed by atoms with van der Waals surface area (Å²) in [6, 6.07) is 7.56. The maximum atomic E-state index is 12.3. The lowest BCUT2D eigenvalue weighted by molar-refractivity contribution is -0.151. The van der Waals surface area contributed by atoms with Gasteiger partial charge < -0.3 is 9.15 Å². The number of hydrogen-bond donors (Lipinski definition) is 1. The molecule has 1 heterocycles. The van der Waals surface area contributed by atoms with Gasteiger partial charge in [-0.15, -0.1) is 6.58 Å². The average molecular weight is 352 g/mol. The topological polar surface area (TPSA) is 51.5 Å². The lowest BCUT2D eigenvalue weighted by Gasteiger charge is -2.25. The number of ether oxygens (including phenoxy) is 1. The van der Waals surface area contributed by atoms with Gasteiger partial charge in [0.25, 0.3) is 0 Å². The minimum absolute atomic E-state index is 0.315. The summed E-state index contributed by atoms with van der Waals surface area (Å²) in [6.07, 6.45) is 1.69. The van der Waals surface area contributed by atoms with Crippen molar-refractivity contribution in [2.45, 2.75) is 19.4 Å². The zero-order valence-electron chi connectivity index (χ0n) is 12.1. The molecule has 2 aromatic rings. The summed E-state index contributed by atoms with van der Waals surface area (Å²) < 4.78 is 12.0. The Bertz CT molecular complexity index is 665. The Morgan fingerprint density at radius 3 is 2.95 bits per heavy atom. The smallest absolute Gasteiger partial charge is 0.334 e. The van der Waals surface area contributed by atoms with E-state index in [9.17, 15) is 4.79 Å². The minimum atomic E-state index is -1.05. The van der Waals surface area contributed by atoms with Crippen LogP contribution in [0.5, 0.6) is 0 Å². The van der Waals surface area contributed by atoms with E-state index < -0.39 is 5.54 Å². The Balaban J connectivity index is 2.46. The van der Waals surface area contributed by atoms with Gasteiger partial charge in [0.1, 0.15) is 11.3 Å². The van der Waals surface area contributed by atoms with Gasteiger partial charge in [0.05, 0.1) is 6.61 Å². The van der Waals surface area contributed by atoms with Gasteiger partial charge in [-0.25, -0.2) is 4.79 Å². The number of fused-ring (bicyclic) bond motifs is 1. The molecule has 0 amide bonds. The lowest BCUT2D eigenvalue weighted by atomic mass is 9.98. The van der Waals surface area contributed by atoms with Crippen LogP contribution in [0.3, 0.4) is 0 Å². The highest BCUT2D eigenvalue weighted by Gasteiger charge is 2.39. The van der Waals surface area contributed by atoms with E-state index in [1.807, 2.05) is 24.3 Å². The van der Waals surface area contributed by atoms with Gasteiger partial charge in [-0.2, -0.15) is 0 Å².